The second kappa shape index (κ2) is 5.12. The SMILES string of the molecule is CCCNC(C)c1ncc(C23CC4CC(CC(C4)C2)C3)o1. The van der Waals surface area contributed by atoms with E-state index in [0.717, 1.165) is 36.6 Å². The summed E-state index contributed by atoms with van der Waals surface area (Å²) in [5, 5.41) is 3.48. The normalized spacial score (nSPS) is 38.9. The Bertz CT molecular complexity index is 472. The van der Waals surface area contributed by atoms with E-state index in [1.807, 2.05) is 6.20 Å². The highest BCUT2D eigenvalue weighted by atomic mass is 16.4. The van der Waals surface area contributed by atoms with E-state index in [9.17, 15) is 0 Å². The molecule has 0 aliphatic heterocycles. The van der Waals surface area contributed by atoms with E-state index in [4.69, 9.17) is 4.42 Å². The zero-order chi connectivity index (χ0) is 14.4. The average molecular weight is 288 g/mol. The van der Waals surface area contributed by atoms with E-state index < -0.39 is 0 Å². The fraction of sp³-hybridized carbons (Fsp3) is 0.833. The van der Waals surface area contributed by atoms with Crippen LogP contribution in [-0.2, 0) is 5.41 Å². The third-order valence-electron chi connectivity index (χ3n) is 6.16. The highest BCUT2D eigenvalue weighted by Crippen LogP contribution is 2.60. The number of aromatic nitrogens is 1. The summed E-state index contributed by atoms with van der Waals surface area (Å²) in [7, 11) is 0. The third-order valence-corrected chi connectivity index (χ3v) is 6.16. The topological polar surface area (TPSA) is 38.1 Å². The van der Waals surface area contributed by atoms with Crippen molar-refractivity contribution < 1.29 is 4.42 Å². The number of nitrogens with one attached hydrogen (secondary N) is 1. The van der Waals surface area contributed by atoms with Crippen LogP contribution < -0.4 is 5.32 Å². The van der Waals surface area contributed by atoms with Gasteiger partial charge in [-0.05, 0) is 76.2 Å². The molecule has 3 nitrogen and oxygen atoms in total. The van der Waals surface area contributed by atoms with Gasteiger partial charge in [0.2, 0.25) is 5.89 Å². The molecule has 21 heavy (non-hydrogen) atoms. The summed E-state index contributed by atoms with van der Waals surface area (Å²) in [6, 6.07) is 0.229. The first-order valence-electron chi connectivity index (χ1n) is 8.88. The van der Waals surface area contributed by atoms with Gasteiger partial charge in [-0.25, -0.2) is 4.98 Å². The molecule has 116 valence electrons. The predicted octanol–water partition coefficient (Wildman–Crippen LogP) is 4.20. The van der Waals surface area contributed by atoms with E-state index in [1.165, 1.54) is 44.3 Å². The van der Waals surface area contributed by atoms with E-state index in [0.29, 0.717) is 5.41 Å². The molecular weight excluding hydrogens is 260 g/mol. The van der Waals surface area contributed by atoms with Gasteiger partial charge in [0.05, 0.1) is 12.2 Å². The van der Waals surface area contributed by atoms with Crippen molar-refractivity contribution in [1.29, 1.82) is 0 Å². The quantitative estimate of drug-likeness (QED) is 0.882. The van der Waals surface area contributed by atoms with Crippen LogP contribution in [0.15, 0.2) is 10.6 Å². The van der Waals surface area contributed by atoms with Crippen LogP contribution in [0.5, 0.6) is 0 Å². The van der Waals surface area contributed by atoms with Gasteiger partial charge in [0, 0.05) is 5.41 Å². The van der Waals surface area contributed by atoms with Crippen molar-refractivity contribution in [3.05, 3.63) is 17.8 Å². The van der Waals surface area contributed by atoms with Gasteiger partial charge < -0.3 is 9.73 Å². The Hall–Kier alpha value is -0.830. The molecule has 4 aliphatic rings. The molecule has 0 saturated heterocycles. The lowest BCUT2D eigenvalue weighted by molar-refractivity contribution is -0.0157. The smallest absolute Gasteiger partial charge is 0.211 e. The largest absolute Gasteiger partial charge is 0.443 e. The maximum absolute atomic E-state index is 6.25. The van der Waals surface area contributed by atoms with Gasteiger partial charge >= 0.3 is 0 Å². The van der Waals surface area contributed by atoms with E-state index in [2.05, 4.69) is 24.1 Å². The predicted molar refractivity (Wildman–Crippen MR) is 83.1 cm³/mol. The molecule has 1 aromatic heterocycles. The van der Waals surface area contributed by atoms with Crippen LogP contribution in [0.2, 0.25) is 0 Å². The highest BCUT2D eigenvalue weighted by molar-refractivity contribution is 5.19. The minimum Gasteiger partial charge on any atom is -0.443 e. The molecule has 0 aromatic carbocycles. The van der Waals surface area contributed by atoms with Crippen molar-refractivity contribution in [2.45, 2.75) is 70.3 Å². The summed E-state index contributed by atoms with van der Waals surface area (Å²) < 4.78 is 6.25. The lowest BCUT2D eigenvalue weighted by Crippen LogP contribution is -2.48. The van der Waals surface area contributed by atoms with Crippen LogP contribution >= 0.6 is 0 Å². The van der Waals surface area contributed by atoms with Gasteiger partial charge in [-0.1, -0.05) is 6.92 Å². The number of hydrogen-bond acceptors (Lipinski definition) is 3. The maximum Gasteiger partial charge on any atom is 0.211 e. The summed E-state index contributed by atoms with van der Waals surface area (Å²) >= 11 is 0. The van der Waals surface area contributed by atoms with Crippen LogP contribution in [0.3, 0.4) is 0 Å². The van der Waals surface area contributed by atoms with Gasteiger partial charge in [-0.15, -0.1) is 0 Å². The molecule has 3 heteroatoms. The van der Waals surface area contributed by atoms with Crippen molar-refractivity contribution in [1.82, 2.24) is 10.3 Å². The van der Waals surface area contributed by atoms with Crippen molar-refractivity contribution >= 4 is 0 Å². The number of hydrogen-bond donors (Lipinski definition) is 1. The first kappa shape index (κ1) is 13.8. The standard InChI is InChI=1S/C18H28N2O/c1-3-4-19-12(2)17-20-11-16(21-17)18-8-13-5-14(9-18)7-15(6-13)10-18/h11-15,19H,3-10H2,1-2H3. The zero-order valence-corrected chi connectivity index (χ0v) is 13.4. The van der Waals surface area contributed by atoms with Gasteiger partial charge in [-0.3, -0.25) is 0 Å². The summed E-state index contributed by atoms with van der Waals surface area (Å²) in [5.41, 5.74) is 0.338. The lowest BCUT2D eigenvalue weighted by Gasteiger charge is -2.55. The summed E-state index contributed by atoms with van der Waals surface area (Å²) in [6.07, 6.45) is 11.7. The van der Waals surface area contributed by atoms with Crippen molar-refractivity contribution in [2.24, 2.45) is 17.8 Å². The number of rotatable bonds is 5. The molecule has 1 unspecified atom stereocenters. The number of oxazole rings is 1. The Morgan fingerprint density at radius 1 is 1.24 bits per heavy atom. The van der Waals surface area contributed by atoms with E-state index in [-0.39, 0.29) is 6.04 Å². The average Bonchev–Trinajstić information content (AvgIpc) is 2.94. The van der Waals surface area contributed by atoms with Crippen LogP contribution in [0.25, 0.3) is 0 Å². The molecule has 4 aliphatic carbocycles. The Labute approximate surface area is 127 Å². The second-order valence-corrected chi connectivity index (χ2v) is 7.94. The summed E-state index contributed by atoms with van der Waals surface area (Å²) in [6.45, 7) is 5.37. The molecule has 1 atom stereocenters. The van der Waals surface area contributed by atoms with Crippen LogP contribution in [0, 0.1) is 17.8 Å². The molecule has 4 bridgehead atoms. The molecule has 1 heterocycles. The minimum absolute atomic E-state index is 0.229. The van der Waals surface area contributed by atoms with Crippen LogP contribution in [-0.4, -0.2) is 11.5 Å². The molecule has 0 spiro atoms. The van der Waals surface area contributed by atoms with Gasteiger partial charge in [0.1, 0.15) is 5.76 Å². The Morgan fingerprint density at radius 3 is 2.43 bits per heavy atom. The zero-order valence-electron chi connectivity index (χ0n) is 13.4. The molecule has 0 radical (unpaired) electrons. The molecule has 5 rings (SSSR count). The van der Waals surface area contributed by atoms with Crippen LogP contribution in [0.1, 0.15) is 76.5 Å². The Morgan fingerprint density at radius 2 is 1.86 bits per heavy atom. The molecule has 0 amide bonds. The summed E-state index contributed by atoms with van der Waals surface area (Å²) in [5.74, 6) is 4.96. The maximum atomic E-state index is 6.25. The fourth-order valence-corrected chi connectivity index (χ4v) is 5.59. The van der Waals surface area contributed by atoms with Crippen molar-refractivity contribution in [2.75, 3.05) is 6.54 Å². The molecule has 4 saturated carbocycles. The molecule has 1 N–H and O–H groups in total. The minimum atomic E-state index is 0.229. The van der Waals surface area contributed by atoms with Crippen LogP contribution in [0.4, 0.5) is 0 Å². The van der Waals surface area contributed by atoms with Gasteiger partial charge in [0.15, 0.2) is 0 Å². The van der Waals surface area contributed by atoms with E-state index in [1.54, 1.807) is 0 Å². The second-order valence-electron chi connectivity index (χ2n) is 7.94. The first-order chi connectivity index (χ1) is 10.2. The first-order valence-corrected chi connectivity index (χ1v) is 8.88. The third kappa shape index (κ3) is 2.34. The van der Waals surface area contributed by atoms with E-state index >= 15 is 0 Å². The monoisotopic (exact) mass is 288 g/mol. The molecule has 1 aromatic rings. The van der Waals surface area contributed by atoms with Crippen molar-refractivity contribution in [3.63, 3.8) is 0 Å². The van der Waals surface area contributed by atoms with Gasteiger partial charge in [0.25, 0.3) is 0 Å². The Kier molecular flexibility index (Phi) is 3.36. The molecule has 4 fully saturated rings. The van der Waals surface area contributed by atoms with Gasteiger partial charge in [-0.2, -0.15) is 0 Å². The highest BCUT2D eigenvalue weighted by Gasteiger charge is 2.53. The van der Waals surface area contributed by atoms with Crippen molar-refractivity contribution in [3.8, 4) is 0 Å². The Balaban J connectivity index is 1.55. The summed E-state index contributed by atoms with van der Waals surface area (Å²) in [4.78, 5) is 4.60. The lowest BCUT2D eigenvalue weighted by atomic mass is 9.49. The molecular formula is C18H28N2O. The fourth-order valence-electron chi connectivity index (χ4n) is 5.59. The number of nitrogens with zero attached hydrogens (tertiary/aromatic N) is 1.